The lowest BCUT2D eigenvalue weighted by molar-refractivity contribution is 0.225. The Morgan fingerprint density at radius 2 is 2.00 bits per heavy atom. The molecule has 0 amide bonds. The fraction of sp³-hybridized carbons (Fsp3) is 0.550. The van der Waals surface area contributed by atoms with E-state index in [1.807, 2.05) is 6.08 Å². The minimum absolute atomic E-state index is 0.500. The number of aliphatic imine (C=N–C) groups is 1. The van der Waals surface area contributed by atoms with Crippen LogP contribution in [0.1, 0.15) is 37.7 Å². The molecular formula is C20H29BrN4. The highest BCUT2D eigenvalue weighted by molar-refractivity contribution is 9.10. The minimum Gasteiger partial charge on any atom is -0.354 e. The van der Waals surface area contributed by atoms with Gasteiger partial charge in [0.1, 0.15) is 0 Å². The summed E-state index contributed by atoms with van der Waals surface area (Å²) in [5.74, 6) is 1.58. The lowest BCUT2D eigenvalue weighted by atomic mass is 10.1. The van der Waals surface area contributed by atoms with Crippen LogP contribution in [0.3, 0.4) is 0 Å². The maximum Gasteiger partial charge on any atom is 0.191 e. The summed E-state index contributed by atoms with van der Waals surface area (Å²) < 4.78 is 1.14. The number of piperidine rings is 1. The molecule has 1 aromatic rings. The highest BCUT2D eigenvalue weighted by Gasteiger charge is 2.39. The highest BCUT2D eigenvalue weighted by Crippen LogP contribution is 2.41. The number of hydrogen-bond acceptors (Lipinski definition) is 2. The summed E-state index contributed by atoms with van der Waals surface area (Å²) in [5, 5.41) is 7.29. The molecule has 2 unspecified atom stereocenters. The van der Waals surface area contributed by atoms with Gasteiger partial charge >= 0.3 is 0 Å². The molecule has 1 heterocycles. The van der Waals surface area contributed by atoms with Crippen LogP contribution in [0.15, 0.2) is 46.4 Å². The Morgan fingerprint density at radius 1 is 1.28 bits per heavy atom. The van der Waals surface area contributed by atoms with E-state index in [2.05, 4.69) is 74.2 Å². The number of nitrogens with zero attached hydrogens (tertiary/aromatic N) is 2. The molecule has 0 bridgehead atoms. The van der Waals surface area contributed by atoms with Crippen molar-refractivity contribution in [2.45, 2.75) is 44.2 Å². The van der Waals surface area contributed by atoms with E-state index in [4.69, 9.17) is 0 Å². The van der Waals surface area contributed by atoms with Gasteiger partial charge in [-0.1, -0.05) is 34.1 Å². The Morgan fingerprint density at radius 3 is 2.64 bits per heavy atom. The second-order valence-corrected chi connectivity index (χ2v) is 7.89. The summed E-state index contributed by atoms with van der Waals surface area (Å²) in [7, 11) is 0. The van der Waals surface area contributed by atoms with Crippen molar-refractivity contribution in [3.63, 3.8) is 0 Å². The van der Waals surface area contributed by atoms with Gasteiger partial charge in [-0.25, -0.2) is 0 Å². The standard InChI is InChI=1S/C20H29BrN4/c1-3-11-25-12-9-17(10-13-25)23-20(22-4-2)24-19-14-18(19)15-5-7-16(21)8-6-15/h3,5-8,17-19H,1,4,9-14H2,2H3,(H2,22,23,24). The zero-order valence-corrected chi connectivity index (χ0v) is 16.6. The van der Waals surface area contributed by atoms with Gasteiger partial charge in [-0.05, 0) is 43.9 Å². The Balaban J connectivity index is 1.49. The van der Waals surface area contributed by atoms with Gasteiger partial charge in [-0.2, -0.15) is 0 Å². The fourth-order valence-corrected chi connectivity index (χ4v) is 3.80. The number of likely N-dealkylation sites (tertiary alicyclic amines) is 1. The van der Waals surface area contributed by atoms with Crippen molar-refractivity contribution in [2.24, 2.45) is 4.99 Å². The van der Waals surface area contributed by atoms with Gasteiger partial charge in [0.05, 0.1) is 0 Å². The maximum absolute atomic E-state index is 4.65. The summed E-state index contributed by atoms with van der Waals surface area (Å²) >= 11 is 3.51. The molecule has 4 nitrogen and oxygen atoms in total. The van der Waals surface area contributed by atoms with Gasteiger partial charge in [-0.3, -0.25) is 9.89 Å². The molecule has 136 valence electrons. The summed E-state index contributed by atoms with van der Waals surface area (Å²) in [4.78, 5) is 7.11. The molecule has 2 atom stereocenters. The van der Waals surface area contributed by atoms with Crippen LogP contribution in [0.25, 0.3) is 0 Å². The van der Waals surface area contributed by atoms with Gasteiger partial charge in [0.25, 0.3) is 0 Å². The van der Waals surface area contributed by atoms with Crippen molar-refractivity contribution >= 4 is 21.9 Å². The molecule has 0 radical (unpaired) electrons. The predicted molar refractivity (Wildman–Crippen MR) is 109 cm³/mol. The van der Waals surface area contributed by atoms with Crippen molar-refractivity contribution in [3.8, 4) is 0 Å². The van der Waals surface area contributed by atoms with E-state index in [0.717, 1.165) is 36.6 Å². The molecule has 3 rings (SSSR count). The molecule has 1 saturated heterocycles. The van der Waals surface area contributed by atoms with Crippen LogP contribution >= 0.6 is 15.9 Å². The molecular weight excluding hydrogens is 376 g/mol. The molecule has 5 heteroatoms. The van der Waals surface area contributed by atoms with E-state index in [1.165, 1.54) is 24.8 Å². The molecule has 1 aliphatic heterocycles. The topological polar surface area (TPSA) is 39.7 Å². The second-order valence-electron chi connectivity index (χ2n) is 6.98. The largest absolute Gasteiger partial charge is 0.354 e. The van der Waals surface area contributed by atoms with E-state index in [-0.39, 0.29) is 0 Å². The smallest absolute Gasteiger partial charge is 0.191 e. The summed E-state index contributed by atoms with van der Waals surface area (Å²) in [6.45, 7) is 10.00. The average Bonchev–Trinajstić information content (AvgIpc) is 3.37. The van der Waals surface area contributed by atoms with Gasteiger partial charge in [0.15, 0.2) is 5.96 Å². The number of halogens is 1. The normalized spacial score (nSPS) is 24.8. The van der Waals surface area contributed by atoms with E-state index in [1.54, 1.807) is 0 Å². The first-order chi connectivity index (χ1) is 12.2. The Hall–Kier alpha value is -1.33. The zero-order chi connectivity index (χ0) is 17.6. The van der Waals surface area contributed by atoms with Crippen LogP contribution in [-0.4, -0.2) is 49.1 Å². The first-order valence-corrected chi connectivity index (χ1v) is 10.1. The molecule has 2 fully saturated rings. The Kier molecular flexibility index (Phi) is 6.54. The number of hydrogen-bond donors (Lipinski definition) is 2. The maximum atomic E-state index is 4.65. The molecule has 0 aromatic heterocycles. The number of nitrogens with one attached hydrogen (secondary N) is 2. The summed E-state index contributed by atoms with van der Waals surface area (Å²) in [5.41, 5.74) is 1.41. The van der Waals surface area contributed by atoms with Crippen molar-refractivity contribution < 1.29 is 0 Å². The zero-order valence-electron chi connectivity index (χ0n) is 15.0. The number of rotatable bonds is 6. The number of guanidine groups is 1. The molecule has 1 aromatic carbocycles. The van der Waals surface area contributed by atoms with Gasteiger partial charge in [0, 0.05) is 48.7 Å². The Labute approximate surface area is 159 Å². The molecule has 2 aliphatic rings. The quantitative estimate of drug-likeness (QED) is 0.432. The molecule has 1 aliphatic carbocycles. The number of benzene rings is 1. The monoisotopic (exact) mass is 404 g/mol. The van der Waals surface area contributed by atoms with Crippen molar-refractivity contribution in [1.82, 2.24) is 15.5 Å². The van der Waals surface area contributed by atoms with Crippen LogP contribution in [0.4, 0.5) is 0 Å². The van der Waals surface area contributed by atoms with Crippen LogP contribution in [0.5, 0.6) is 0 Å². The van der Waals surface area contributed by atoms with Crippen LogP contribution < -0.4 is 10.6 Å². The van der Waals surface area contributed by atoms with Gasteiger partial charge in [0.2, 0.25) is 0 Å². The fourth-order valence-electron chi connectivity index (χ4n) is 3.54. The first kappa shape index (κ1) is 18.5. The molecule has 25 heavy (non-hydrogen) atoms. The molecule has 1 saturated carbocycles. The summed E-state index contributed by atoms with van der Waals surface area (Å²) in [6.07, 6.45) is 5.51. The third-order valence-electron chi connectivity index (χ3n) is 5.04. The third-order valence-corrected chi connectivity index (χ3v) is 5.57. The van der Waals surface area contributed by atoms with Crippen molar-refractivity contribution in [2.75, 3.05) is 26.2 Å². The third kappa shape index (κ3) is 5.32. The van der Waals surface area contributed by atoms with E-state index in [9.17, 15) is 0 Å². The minimum atomic E-state index is 0.500. The molecule has 0 spiro atoms. The van der Waals surface area contributed by atoms with Crippen molar-refractivity contribution in [1.29, 1.82) is 0 Å². The Bertz CT molecular complexity index is 590. The highest BCUT2D eigenvalue weighted by atomic mass is 79.9. The lowest BCUT2D eigenvalue weighted by Crippen LogP contribution is -2.49. The lowest BCUT2D eigenvalue weighted by Gasteiger charge is -2.32. The predicted octanol–water partition coefficient (Wildman–Crippen LogP) is 3.51. The first-order valence-electron chi connectivity index (χ1n) is 9.35. The molecule has 2 N–H and O–H groups in total. The second kappa shape index (κ2) is 8.86. The van der Waals surface area contributed by atoms with E-state index < -0.39 is 0 Å². The van der Waals surface area contributed by atoms with Crippen LogP contribution in [0.2, 0.25) is 0 Å². The van der Waals surface area contributed by atoms with Gasteiger partial charge < -0.3 is 10.6 Å². The SMILES string of the molecule is C=CCN1CCC(NC(=NCC)NC2CC2c2ccc(Br)cc2)CC1. The van der Waals surface area contributed by atoms with Crippen LogP contribution in [-0.2, 0) is 0 Å². The van der Waals surface area contributed by atoms with E-state index >= 15 is 0 Å². The van der Waals surface area contributed by atoms with E-state index in [0.29, 0.717) is 18.0 Å². The average molecular weight is 405 g/mol. The van der Waals surface area contributed by atoms with Crippen LogP contribution in [0, 0.1) is 0 Å². The van der Waals surface area contributed by atoms with Gasteiger partial charge in [-0.15, -0.1) is 6.58 Å². The van der Waals surface area contributed by atoms with Crippen molar-refractivity contribution in [3.05, 3.63) is 47.0 Å². The summed E-state index contributed by atoms with van der Waals surface area (Å²) in [6, 6.07) is 9.71.